The van der Waals surface area contributed by atoms with Crippen LogP contribution in [0.2, 0.25) is 0 Å². The summed E-state index contributed by atoms with van der Waals surface area (Å²) in [6.07, 6.45) is 3.10. The summed E-state index contributed by atoms with van der Waals surface area (Å²) >= 11 is 3.25. The monoisotopic (exact) mass is 315 g/mol. The third-order valence-corrected chi connectivity index (χ3v) is 4.45. The lowest BCUT2D eigenvalue weighted by Gasteiger charge is -2.47. The fraction of sp³-hybridized carbons (Fsp3) is 0.571. The zero-order valence-corrected chi connectivity index (χ0v) is 12.4. The minimum absolute atomic E-state index is 0.0845. The highest BCUT2D eigenvalue weighted by atomic mass is 79.9. The van der Waals surface area contributed by atoms with Crippen LogP contribution in [0.1, 0.15) is 37.8 Å². The molecule has 2 rings (SSSR count). The number of halogens is 2. The number of benzene rings is 1. The molecule has 1 aromatic carbocycles. The van der Waals surface area contributed by atoms with Crippen molar-refractivity contribution in [2.24, 2.45) is 0 Å². The second-order valence-corrected chi connectivity index (χ2v) is 5.61. The van der Waals surface area contributed by atoms with Gasteiger partial charge in [-0.15, -0.1) is 0 Å². The molecule has 4 heteroatoms. The van der Waals surface area contributed by atoms with E-state index < -0.39 is 0 Å². The van der Waals surface area contributed by atoms with Gasteiger partial charge in [0, 0.05) is 12.7 Å². The second kappa shape index (κ2) is 5.68. The highest BCUT2D eigenvalue weighted by molar-refractivity contribution is 9.10. The predicted octanol–water partition coefficient (Wildman–Crippen LogP) is 3.81. The van der Waals surface area contributed by atoms with Crippen molar-refractivity contribution < 1.29 is 9.13 Å². The van der Waals surface area contributed by atoms with E-state index in [1.165, 1.54) is 0 Å². The largest absolute Gasteiger partial charge is 0.376 e. The van der Waals surface area contributed by atoms with Crippen LogP contribution < -0.4 is 5.32 Å². The molecule has 0 saturated heterocycles. The van der Waals surface area contributed by atoms with E-state index in [0.717, 1.165) is 25.8 Å². The summed E-state index contributed by atoms with van der Waals surface area (Å²) in [6.45, 7) is 2.83. The summed E-state index contributed by atoms with van der Waals surface area (Å²) in [6, 6.07) is 5.35. The SMILES string of the molecule is CCNC(c1cccc(Br)c1F)C1(OC)CCC1. The molecule has 1 N–H and O–H groups in total. The first-order chi connectivity index (χ1) is 8.64. The number of hydrogen-bond donors (Lipinski definition) is 1. The molecule has 0 spiro atoms. The van der Waals surface area contributed by atoms with Gasteiger partial charge in [-0.25, -0.2) is 4.39 Å². The average Bonchev–Trinajstić information content (AvgIpc) is 2.31. The minimum Gasteiger partial charge on any atom is -0.376 e. The van der Waals surface area contributed by atoms with Crippen molar-refractivity contribution >= 4 is 15.9 Å². The van der Waals surface area contributed by atoms with E-state index in [1.54, 1.807) is 13.2 Å². The molecule has 2 nitrogen and oxygen atoms in total. The number of likely N-dealkylation sites (N-methyl/N-ethyl adjacent to an activating group) is 1. The van der Waals surface area contributed by atoms with Gasteiger partial charge in [-0.1, -0.05) is 19.1 Å². The Labute approximate surface area is 116 Å². The van der Waals surface area contributed by atoms with Crippen LogP contribution in [0.5, 0.6) is 0 Å². The molecular weight excluding hydrogens is 297 g/mol. The van der Waals surface area contributed by atoms with Crippen molar-refractivity contribution in [2.75, 3.05) is 13.7 Å². The van der Waals surface area contributed by atoms with Crippen molar-refractivity contribution in [3.8, 4) is 0 Å². The molecule has 18 heavy (non-hydrogen) atoms. The number of rotatable bonds is 5. The number of hydrogen-bond acceptors (Lipinski definition) is 2. The molecule has 1 aliphatic carbocycles. The van der Waals surface area contributed by atoms with Gasteiger partial charge in [0.1, 0.15) is 5.82 Å². The van der Waals surface area contributed by atoms with Crippen molar-refractivity contribution in [1.82, 2.24) is 5.32 Å². The molecular formula is C14H19BrFNO. The lowest BCUT2D eigenvalue weighted by Crippen LogP contribution is -2.50. The Morgan fingerprint density at radius 1 is 1.50 bits per heavy atom. The summed E-state index contributed by atoms with van der Waals surface area (Å²) in [7, 11) is 1.72. The van der Waals surface area contributed by atoms with E-state index in [2.05, 4.69) is 21.2 Å². The van der Waals surface area contributed by atoms with Crippen LogP contribution >= 0.6 is 15.9 Å². The van der Waals surface area contributed by atoms with E-state index in [0.29, 0.717) is 10.0 Å². The van der Waals surface area contributed by atoms with Crippen LogP contribution in [0, 0.1) is 5.82 Å². The molecule has 1 fully saturated rings. The van der Waals surface area contributed by atoms with Crippen LogP contribution in [-0.2, 0) is 4.74 Å². The number of nitrogens with one attached hydrogen (secondary N) is 1. The Balaban J connectivity index is 2.38. The predicted molar refractivity (Wildman–Crippen MR) is 74.1 cm³/mol. The van der Waals surface area contributed by atoms with Crippen LogP contribution in [0.3, 0.4) is 0 Å². The van der Waals surface area contributed by atoms with Gasteiger partial charge in [0.25, 0.3) is 0 Å². The molecule has 1 aromatic rings. The Bertz CT molecular complexity index is 415. The third kappa shape index (κ3) is 2.33. The van der Waals surface area contributed by atoms with Crippen molar-refractivity contribution in [3.63, 3.8) is 0 Å². The molecule has 0 aromatic heterocycles. The van der Waals surface area contributed by atoms with E-state index in [-0.39, 0.29) is 17.5 Å². The molecule has 0 radical (unpaired) electrons. The van der Waals surface area contributed by atoms with Crippen molar-refractivity contribution in [2.45, 2.75) is 37.8 Å². The molecule has 1 atom stereocenters. The number of methoxy groups -OCH3 is 1. The molecule has 0 amide bonds. The van der Waals surface area contributed by atoms with E-state index in [9.17, 15) is 4.39 Å². The zero-order chi connectivity index (χ0) is 13.2. The van der Waals surface area contributed by atoms with Crippen molar-refractivity contribution in [3.05, 3.63) is 34.1 Å². The molecule has 0 bridgehead atoms. The highest BCUT2D eigenvalue weighted by Crippen LogP contribution is 2.45. The summed E-state index contributed by atoms with van der Waals surface area (Å²) in [5, 5.41) is 3.37. The third-order valence-electron chi connectivity index (χ3n) is 3.83. The highest BCUT2D eigenvalue weighted by Gasteiger charge is 2.45. The summed E-state index contributed by atoms with van der Waals surface area (Å²) < 4.78 is 20.5. The van der Waals surface area contributed by atoms with Crippen LogP contribution in [-0.4, -0.2) is 19.3 Å². The second-order valence-electron chi connectivity index (χ2n) is 4.76. The van der Waals surface area contributed by atoms with Crippen LogP contribution in [0.25, 0.3) is 0 Å². The maximum Gasteiger partial charge on any atom is 0.142 e. The van der Waals surface area contributed by atoms with E-state index >= 15 is 0 Å². The first-order valence-electron chi connectivity index (χ1n) is 6.37. The van der Waals surface area contributed by atoms with Crippen LogP contribution in [0.4, 0.5) is 4.39 Å². The molecule has 0 heterocycles. The van der Waals surface area contributed by atoms with Crippen molar-refractivity contribution in [1.29, 1.82) is 0 Å². The van der Waals surface area contributed by atoms with E-state index in [4.69, 9.17) is 4.74 Å². The lowest BCUT2D eigenvalue weighted by molar-refractivity contribution is -0.100. The van der Waals surface area contributed by atoms with Gasteiger partial charge < -0.3 is 10.1 Å². The molecule has 1 aliphatic rings. The fourth-order valence-corrected chi connectivity index (χ4v) is 3.04. The summed E-state index contributed by atoms with van der Waals surface area (Å²) in [4.78, 5) is 0. The molecule has 1 saturated carbocycles. The lowest BCUT2D eigenvalue weighted by atomic mass is 9.72. The normalized spacial score (nSPS) is 19.3. The van der Waals surface area contributed by atoms with Gasteiger partial charge in [0.2, 0.25) is 0 Å². The van der Waals surface area contributed by atoms with E-state index in [1.807, 2.05) is 19.1 Å². The maximum absolute atomic E-state index is 14.3. The van der Waals surface area contributed by atoms with Crippen LogP contribution in [0.15, 0.2) is 22.7 Å². The number of ether oxygens (including phenoxy) is 1. The first kappa shape index (κ1) is 14.0. The minimum atomic E-state index is -0.252. The Morgan fingerprint density at radius 2 is 2.22 bits per heavy atom. The Hall–Kier alpha value is -0.450. The summed E-state index contributed by atoms with van der Waals surface area (Å²) in [5.74, 6) is -0.188. The summed E-state index contributed by atoms with van der Waals surface area (Å²) in [5.41, 5.74) is 0.435. The fourth-order valence-electron chi connectivity index (χ4n) is 2.66. The molecule has 0 aliphatic heterocycles. The quantitative estimate of drug-likeness (QED) is 0.892. The maximum atomic E-state index is 14.3. The van der Waals surface area contributed by atoms with Gasteiger partial charge >= 0.3 is 0 Å². The van der Waals surface area contributed by atoms with Gasteiger partial charge in [0.05, 0.1) is 16.1 Å². The zero-order valence-electron chi connectivity index (χ0n) is 10.8. The molecule has 1 unspecified atom stereocenters. The Kier molecular flexibility index (Phi) is 4.41. The van der Waals surface area contributed by atoms with Gasteiger partial charge in [-0.3, -0.25) is 0 Å². The average molecular weight is 316 g/mol. The Morgan fingerprint density at radius 3 is 2.72 bits per heavy atom. The van der Waals surface area contributed by atoms with Gasteiger partial charge in [0.15, 0.2) is 0 Å². The standard InChI is InChI=1S/C14H19BrFNO/c1-3-17-13(14(18-2)8-5-9-14)10-6-4-7-11(15)12(10)16/h4,6-7,13,17H,3,5,8-9H2,1-2H3. The smallest absolute Gasteiger partial charge is 0.142 e. The molecule has 100 valence electrons. The van der Waals surface area contributed by atoms with Gasteiger partial charge in [-0.05, 0) is 47.8 Å². The topological polar surface area (TPSA) is 21.3 Å². The first-order valence-corrected chi connectivity index (χ1v) is 7.16. The van der Waals surface area contributed by atoms with Gasteiger partial charge in [-0.2, -0.15) is 0 Å².